The van der Waals surface area contributed by atoms with Crippen LogP contribution in [0.25, 0.3) is 11.1 Å². The van der Waals surface area contributed by atoms with E-state index in [0.29, 0.717) is 36.6 Å². The zero-order valence-electron chi connectivity index (χ0n) is 18.5. The van der Waals surface area contributed by atoms with Crippen molar-refractivity contribution in [3.63, 3.8) is 0 Å². The van der Waals surface area contributed by atoms with Gasteiger partial charge in [-0.2, -0.15) is 0 Å². The molecule has 1 aliphatic rings. The quantitative estimate of drug-likeness (QED) is 0.625. The van der Waals surface area contributed by atoms with Gasteiger partial charge in [0, 0.05) is 19.5 Å². The number of methoxy groups -OCH3 is 2. The van der Waals surface area contributed by atoms with E-state index >= 15 is 0 Å². The predicted octanol–water partition coefficient (Wildman–Crippen LogP) is 3.69. The standard InChI is InChI=1S/C26H25FN2O4/c1-32-20-11-12-24(33-2)22(16-20)26(31)29-14-13-28-25(30)23(29)15-18-5-3-4-6-21(18)17-7-9-19(27)10-8-17/h3-12,16,23H,13-15H2,1-2H3,(H,28,30). The van der Waals surface area contributed by atoms with Crippen molar-refractivity contribution in [2.75, 3.05) is 27.3 Å². The third-order valence-electron chi connectivity index (χ3n) is 5.81. The molecule has 0 aromatic heterocycles. The van der Waals surface area contributed by atoms with Crippen LogP contribution in [0.15, 0.2) is 66.7 Å². The Labute approximate surface area is 191 Å². The molecule has 1 N–H and O–H groups in total. The zero-order chi connectivity index (χ0) is 23.4. The number of hydrogen-bond donors (Lipinski definition) is 1. The van der Waals surface area contributed by atoms with Gasteiger partial charge in [0.2, 0.25) is 5.91 Å². The van der Waals surface area contributed by atoms with Crippen molar-refractivity contribution in [3.8, 4) is 22.6 Å². The van der Waals surface area contributed by atoms with E-state index < -0.39 is 6.04 Å². The van der Waals surface area contributed by atoms with Crippen LogP contribution in [0.2, 0.25) is 0 Å². The number of hydrogen-bond acceptors (Lipinski definition) is 4. The molecule has 1 unspecified atom stereocenters. The van der Waals surface area contributed by atoms with Crippen molar-refractivity contribution in [1.82, 2.24) is 10.2 Å². The first kappa shape index (κ1) is 22.3. The fraction of sp³-hybridized carbons (Fsp3) is 0.231. The Morgan fingerprint density at radius 1 is 1.06 bits per heavy atom. The number of rotatable bonds is 6. The summed E-state index contributed by atoms with van der Waals surface area (Å²) >= 11 is 0. The summed E-state index contributed by atoms with van der Waals surface area (Å²) < 4.78 is 24.1. The maximum atomic E-state index is 13.6. The van der Waals surface area contributed by atoms with Crippen LogP contribution in [-0.4, -0.2) is 50.1 Å². The van der Waals surface area contributed by atoms with Crippen molar-refractivity contribution in [1.29, 1.82) is 0 Å². The Morgan fingerprint density at radius 2 is 1.82 bits per heavy atom. The summed E-state index contributed by atoms with van der Waals surface area (Å²) in [6.45, 7) is 0.737. The van der Waals surface area contributed by atoms with Gasteiger partial charge >= 0.3 is 0 Å². The molecule has 4 rings (SSSR count). The Kier molecular flexibility index (Phi) is 6.58. The number of carbonyl (C=O) groups excluding carboxylic acids is 2. The normalized spacial score (nSPS) is 15.7. The molecule has 1 heterocycles. The van der Waals surface area contributed by atoms with Crippen LogP contribution in [0.1, 0.15) is 15.9 Å². The Bertz CT molecular complexity index is 1160. The number of ether oxygens (including phenoxy) is 2. The van der Waals surface area contributed by atoms with E-state index in [1.165, 1.54) is 26.4 Å². The van der Waals surface area contributed by atoms with Crippen LogP contribution >= 0.6 is 0 Å². The SMILES string of the molecule is COc1ccc(OC)c(C(=O)N2CCNC(=O)C2Cc2ccccc2-c2ccc(F)cc2)c1. The van der Waals surface area contributed by atoms with Crippen molar-refractivity contribution in [2.45, 2.75) is 12.5 Å². The van der Waals surface area contributed by atoms with Gasteiger partial charge in [-0.25, -0.2) is 4.39 Å². The van der Waals surface area contributed by atoms with Crippen molar-refractivity contribution < 1.29 is 23.5 Å². The summed E-state index contributed by atoms with van der Waals surface area (Å²) in [7, 11) is 3.03. The summed E-state index contributed by atoms with van der Waals surface area (Å²) in [5.41, 5.74) is 2.96. The Hall–Kier alpha value is -3.87. The number of nitrogens with zero attached hydrogens (tertiary/aromatic N) is 1. The number of piperazine rings is 1. The molecule has 1 aliphatic heterocycles. The minimum absolute atomic E-state index is 0.217. The number of amides is 2. The molecule has 0 spiro atoms. The molecule has 1 atom stereocenters. The van der Waals surface area contributed by atoms with Crippen LogP contribution in [0.5, 0.6) is 11.5 Å². The molecule has 3 aromatic carbocycles. The van der Waals surface area contributed by atoms with E-state index in [0.717, 1.165) is 16.7 Å². The van der Waals surface area contributed by atoms with E-state index in [9.17, 15) is 14.0 Å². The summed E-state index contributed by atoms with van der Waals surface area (Å²) in [6, 6.07) is 18.2. The van der Waals surface area contributed by atoms with Crippen molar-refractivity contribution in [3.05, 3.63) is 83.7 Å². The second kappa shape index (κ2) is 9.73. The van der Waals surface area contributed by atoms with E-state index in [-0.39, 0.29) is 17.6 Å². The molecule has 1 saturated heterocycles. The number of carbonyl (C=O) groups is 2. The average molecular weight is 448 g/mol. The van der Waals surface area contributed by atoms with Gasteiger partial charge in [-0.3, -0.25) is 9.59 Å². The highest BCUT2D eigenvalue weighted by Crippen LogP contribution is 2.29. The van der Waals surface area contributed by atoms with Crippen LogP contribution in [-0.2, 0) is 11.2 Å². The molecule has 3 aromatic rings. The summed E-state index contributed by atoms with van der Waals surface area (Å²) in [5.74, 6) is 0.109. The molecule has 33 heavy (non-hydrogen) atoms. The highest BCUT2D eigenvalue weighted by Gasteiger charge is 2.35. The smallest absolute Gasteiger partial charge is 0.258 e. The zero-order valence-corrected chi connectivity index (χ0v) is 18.5. The first-order valence-electron chi connectivity index (χ1n) is 10.7. The fourth-order valence-corrected chi connectivity index (χ4v) is 4.11. The largest absolute Gasteiger partial charge is 0.497 e. The van der Waals surface area contributed by atoms with Crippen molar-refractivity contribution >= 4 is 11.8 Å². The van der Waals surface area contributed by atoms with E-state index in [1.807, 2.05) is 24.3 Å². The second-order valence-electron chi connectivity index (χ2n) is 7.74. The average Bonchev–Trinajstić information content (AvgIpc) is 2.85. The maximum Gasteiger partial charge on any atom is 0.258 e. The predicted molar refractivity (Wildman–Crippen MR) is 123 cm³/mol. The van der Waals surface area contributed by atoms with Gasteiger partial charge < -0.3 is 19.7 Å². The molecule has 0 radical (unpaired) electrons. The highest BCUT2D eigenvalue weighted by atomic mass is 19.1. The van der Waals surface area contributed by atoms with E-state index in [4.69, 9.17) is 9.47 Å². The van der Waals surface area contributed by atoms with Gasteiger partial charge in [0.15, 0.2) is 0 Å². The minimum Gasteiger partial charge on any atom is -0.497 e. The monoisotopic (exact) mass is 448 g/mol. The molecule has 6 nitrogen and oxygen atoms in total. The molecule has 0 bridgehead atoms. The maximum absolute atomic E-state index is 13.6. The van der Waals surface area contributed by atoms with Gasteiger partial charge in [0.05, 0.1) is 19.8 Å². The number of nitrogens with one attached hydrogen (secondary N) is 1. The molecule has 2 amide bonds. The summed E-state index contributed by atoms with van der Waals surface area (Å²) in [5, 5.41) is 2.87. The van der Waals surface area contributed by atoms with Gasteiger partial charge in [-0.15, -0.1) is 0 Å². The number of halogens is 1. The van der Waals surface area contributed by atoms with Gasteiger partial charge in [0.25, 0.3) is 5.91 Å². The molecule has 1 fully saturated rings. The summed E-state index contributed by atoms with van der Waals surface area (Å²) in [4.78, 5) is 28.0. The third kappa shape index (κ3) is 4.67. The molecular weight excluding hydrogens is 423 g/mol. The highest BCUT2D eigenvalue weighted by molar-refractivity contribution is 6.00. The second-order valence-corrected chi connectivity index (χ2v) is 7.74. The Balaban J connectivity index is 1.68. The lowest BCUT2D eigenvalue weighted by Crippen LogP contribution is -2.58. The molecule has 170 valence electrons. The molecule has 7 heteroatoms. The van der Waals surface area contributed by atoms with E-state index in [2.05, 4.69) is 5.32 Å². The van der Waals surface area contributed by atoms with E-state index in [1.54, 1.807) is 35.2 Å². The molecular formula is C26H25FN2O4. The minimum atomic E-state index is -0.705. The molecule has 0 saturated carbocycles. The lowest BCUT2D eigenvalue weighted by Gasteiger charge is -2.35. The van der Waals surface area contributed by atoms with Crippen LogP contribution in [0, 0.1) is 5.82 Å². The van der Waals surface area contributed by atoms with Crippen LogP contribution in [0.4, 0.5) is 4.39 Å². The number of benzene rings is 3. The first-order chi connectivity index (χ1) is 16.0. The third-order valence-corrected chi connectivity index (χ3v) is 5.81. The first-order valence-corrected chi connectivity index (χ1v) is 10.7. The lowest BCUT2D eigenvalue weighted by molar-refractivity contribution is -0.127. The van der Waals surface area contributed by atoms with Gasteiger partial charge in [-0.05, 0) is 47.0 Å². The molecule has 0 aliphatic carbocycles. The Morgan fingerprint density at radius 3 is 2.55 bits per heavy atom. The van der Waals surface area contributed by atoms with Gasteiger partial charge in [0.1, 0.15) is 23.4 Å². The fourth-order valence-electron chi connectivity index (χ4n) is 4.11. The lowest BCUT2D eigenvalue weighted by atomic mass is 9.93. The summed E-state index contributed by atoms with van der Waals surface area (Å²) in [6.07, 6.45) is 0.317. The van der Waals surface area contributed by atoms with Crippen LogP contribution in [0.3, 0.4) is 0 Å². The topological polar surface area (TPSA) is 67.9 Å². The van der Waals surface area contributed by atoms with Gasteiger partial charge in [-0.1, -0.05) is 36.4 Å². The van der Waals surface area contributed by atoms with Crippen molar-refractivity contribution in [2.24, 2.45) is 0 Å². The van der Waals surface area contributed by atoms with Crippen LogP contribution < -0.4 is 14.8 Å².